The molecular weight excluding hydrogens is 382 g/mol. The number of aromatic nitrogens is 3. The molecule has 8 nitrogen and oxygen atoms in total. The Balaban J connectivity index is 1.91. The molecule has 0 fully saturated rings. The van der Waals surface area contributed by atoms with Gasteiger partial charge in [0.15, 0.2) is 5.82 Å². The Morgan fingerprint density at radius 1 is 1.27 bits per heavy atom. The molecule has 0 saturated carbocycles. The normalized spacial score (nSPS) is 11.0. The summed E-state index contributed by atoms with van der Waals surface area (Å²) in [7, 11) is 1.63. The van der Waals surface area contributed by atoms with Crippen LogP contribution in [-0.4, -0.2) is 39.3 Å². The molecule has 2 aromatic heterocycles. The van der Waals surface area contributed by atoms with Gasteiger partial charge in [0.2, 0.25) is 5.95 Å². The second-order valence-corrected chi connectivity index (χ2v) is 7.28. The van der Waals surface area contributed by atoms with Crippen LogP contribution in [0.15, 0.2) is 30.5 Å². The van der Waals surface area contributed by atoms with Crippen molar-refractivity contribution in [3.8, 4) is 5.75 Å². The highest BCUT2D eigenvalue weighted by molar-refractivity contribution is 5.87. The fraction of sp³-hybridized carbons (Fsp3) is 0.409. The van der Waals surface area contributed by atoms with E-state index >= 15 is 0 Å². The zero-order valence-corrected chi connectivity index (χ0v) is 17.5. The number of unbranched alkanes of at least 4 members (excludes halogenated alkanes) is 2. The van der Waals surface area contributed by atoms with E-state index in [0.29, 0.717) is 13.0 Å². The molecule has 0 saturated heterocycles. The zero-order valence-electron chi connectivity index (χ0n) is 17.5. The molecule has 0 spiro atoms. The first-order chi connectivity index (χ1) is 14.5. The molecule has 0 atom stereocenters. The maximum absolute atomic E-state index is 10.9. The van der Waals surface area contributed by atoms with Crippen molar-refractivity contribution in [1.29, 1.82) is 0 Å². The Labute approximate surface area is 176 Å². The minimum absolute atomic E-state index is 0.0944. The SMILES string of the molecule is CCCCCNc1nc(N)nc2ccn(Cc3cc(CCC(=O)O)ccc3OC)c12. The van der Waals surface area contributed by atoms with Crippen LogP contribution in [0.25, 0.3) is 11.0 Å². The van der Waals surface area contributed by atoms with Gasteiger partial charge in [0.25, 0.3) is 0 Å². The number of aliphatic carboxylic acids is 1. The number of fused-ring (bicyclic) bond motifs is 1. The Morgan fingerprint density at radius 3 is 2.83 bits per heavy atom. The topological polar surface area (TPSA) is 115 Å². The van der Waals surface area contributed by atoms with E-state index in [9.17, 15) is 4.79 Å². The van der Waals surface area contributed by atoms with Gasteiger partial charge in [-0.1, -0.05) is 31.9 Å². The molecular formula is C22H29N5O3. The van der Waals surface area contributed by atoms with E-state index in [1.165, 1.54) is 0 Å². The molecule has 3 rings (SSSR count). The van der Waals surface area contributed by atoms with Crippen molar-refractivity contribution in [2.75, 3.05) is 24.7 Å². The molecule has 0 amide bonds. The molecule has 2 heterocycles. The molecule has 0 bridgehead atoms. The van der Waals surface area contributed by atoms with Gasteiger partial charge in [-0.25, -0.2) is 4.98 Å². The first-order valence-corrected chi connectivity index (χ1v) is 10.3. The van der Waals surface area contributed by atoms with Crippen molar-refractivity contribution in [2.24, 2.45) is 0 Å². The van der Waals surface area contributed by atoms with Gasteiger partial charge in [0.05, 0.1) is 19.2 Å². The molecule has 0 aliphatic carbocycles. The number of carbonyl (C=O) groups is 1. The Kier molecular flexibility index (Phi) is 7.11. The van der Waals surface area contributed by atoms with Gasteiger partial charge in [0.1, 0.15) is 11.3 Å². The van der Waals surface area contributed by atoms with Crippen LogP contribution in [0.4, 0.5) is 11.8 Å². The lowest BCUT2D eigenvalue weighted by atomic mass is 10.1. The largest absolute Gasteiger partial charge is 0.496 e. The number of anilines is 2. The van der Waals surface area contributed by atoms with E-state index < -0.39 is 5.97 Å². The number of hydrogen-bond acceptors (Lipinski definition) is 6. The lowest BCUT2D eigenvalue weighted by Gasteiger charge is -2.14. The number of aryl methyl sites for hydroxylation is 1. The molecule has 0 aliphatic heterocycles. The van der Waals surface area contributed by atoms with Crippen LogP contribution < -0.4 is 15.8 Å². The molecule has 1 aromatic carbocycles. The zero-order chi connectivity index (χ0) is 21.5. The number of methoxy groups -OCH3 is 1. The van der Waals surface area contributed by atoms with Gasteiger partial charge >= 0.3 is 5.97 Å². The molecule has 4 N–H and O–H groups in total. The summed E-state index contributed by atoms with van der Waals surface area (Å²) in [6.45, 7) is 3.53. The summed E-state index contributed by atoms with van der Waals surface area (Å²) in [5, 5.41) is 12.4. The van der Waals surface area contributed by atoms with Crippen molar-refractivity contribution in [3.63, 3.8) is 0 Å². The number of rotatable bonds is 11. The number of hydrogen-bond donors (Lipinski definition) is 3. The van der Waals surface area contributed by atoms with E-state index in [1.807, 2.05) is 30.5 Å². The van der Waals surface area contributed by atoms with E-state index in [4.69, 9.17) is 15.6 Å². The molecule has 30 heavy (non-hydrogen) atoms. The maximum Gasteiger partial charge on any atom is 0.303 e. The quantitative estimate of drug-likeness (QED) is 0.412. The average molecular weight is 412 g/mol. The summed E-state index contributed by atoms with van der Waals surface area (Å²) < 4.78 is 7.60. The highest BCUT2D eigenvalue weighted by Gasteiger charge is 2.14. The molecule has 3 aromatic rings. The van der Waals surface area contributed by atoms with Crippen LogP contribution >= 0.6 is 0 Å². The van der Waals surface area contributed by atoms with Gasteiger partial charge in [-0.3, -0.25) is 4.79 Å². The number of ether oxygens (including phenoxy) is 1. The van der Waals surface area contributed by atoms with Crippen molar-refractivity contribution >= 4 is 28.8 Å². The first-order valence-electron chi connectivity index (χ1n) is 10.3. The number of nitrogens with zero attached hydrogens (tertiary/aromatic N) is 3. The van der Waals surface area contributed by atoms with E-state index in [1.54, 1.807) is 7.11 Å². The first kappa shape index (κ1) is 21.4. The monoisotopic (exact) mass is 411 g/mol. The Bertz CT molecular complexity index is 1020. The molecule has 8 heteroatoms. The minimum atomic E-state index is -0.808. The summed E-state index contributed by atoms with van der Waals surface area (Å²) in [4.78, 5) is 19.7. The summed E-state index contributed by atoms with van der Waals surface area (Å²) in [6, 6.07) is 7.71. The number of benzene rings is 1. The van der Waals surface area contributed by atoms with Crippen LogP contribution in [-0.2, 0) is 17.8 Å². The van der Waals surface area contributed by atoms with E-state index in [2.05, 4.69) is 26.8 Å². The number of nitrogens with two attached hydrogens (primary N) is 1. The third-order valence-corrected chi connectivity index (χ3v) is 5.01. The lowest BCUT2D eigenvalue weighted by Crippen LogP contribution is -2.09. The molecule has 0 aliphatic rings. The number of carboxylic acid groups (broad SMARTS) is 1. The number of carboxylic acids is 1. The average Bonchev–Trinajstić information content (AvgIpc) is 3.12. The molecule has 0 unspecified atom stereocenters. The van der Waals surface area contributed by atoms with Crippen molar-refractivity contribution < 1.29 is 14.6 Å². The Morgan fingerprint density at radius 2 is 2.10 bits per heavy atom. The smallest absolute Gasteiger partial charge is 0.303 e. The van der Waals surface area contributed by atoms with Crippen LogP contribution in [0.3, 0.4) is 0 Å². The van der Waals surface area contributed by atoms with Gasteiger partial charge in [-0.05, 0) is 30.5 Å². The van der Waals surface area contributed by atoms with Crippen molar-refractivity contribution in [2.45, 2.75) is 45.6 Å². The van der Waals surface area contributed by atoms with Crippen LogP contribution in [0.5, 0.6) is 5.75 Å². The predicted molar refractivity (Wildman–Crippen MR) is 118 cm³/mol. The predicted octanol–water partition coefficient (Wildman–Crippen LogP) is 3.69. The summed E-state index contributed by atoms with van der Waals surface area (Å²) in [5.74, 6) is 0.910. The van der Waals surface area contributed by atoms with Crippen LogP contribution in [0.1, 0.15) is 43.7 Å². The van der Waals surface area contributed by atoms with Gasteiger partial charge in [-0.15, -0.1) is 0 Å². The van der Waals surface area contributed by atoms with Gasteiger partial charge in [0, 0.05) is 24.7 Å². The van der Waals surface area contributed by atoms with Gasteiger partial charge < -0.3 is 25.5 Å². The highest BCUT2D eigenvalue weighted by Crippen LogP contribution is 2.27. The standard InChI is InChI=1S/C22H29N5O3/c1-3-4-5-11-24-21-20-17(25-22(23)26-21)10-12-27(20)14-16-13-15(7-9-19(28)29)6-8-18(16)30-2/h6,8,10,12-13H,3-5,7,9,11,14H2,1-2H3,(H,28,29)(H3,23,24,25,26). The number of nitrogens with one attached hydrogen (secondary N) is 1. The summed E-state index contributed by atoms with van der Waals surface area (Å²) >= 11 is 0. The fourth-order valence-corrected chi connectivity index (χ4v) is 3.51. The molecule has 0 radical (unpaired) electrons. The third kappa shape index (κ3) is 5.20. The fourth-order valence-electron chi connectivity index (χ4n) is 3.51. The summed E-state index contributed by atoms with van der Waals surface area (Å²) in [6.07, 6.45) is 5.89. The Hall–Kier alpha value is -3.29. The maximum atomic E-state index is 10.9. The number of nitrogen functional groups attached to an aromatic ring is 1. The van der Waals surface area contributed by atoms with Crippen LogP contribution in [0, 0.1) is 0 Å². The second-order valence-electron chi connectivity index (χ2n) is 7.28. The third-order valence-electron chi connectivity index (χ3n) is 5.01. The van der Waals surface area contributed by atoms with Crippen molar-refractivity contribution in [3.05, 3.63) is 41.6 Å². The van der Waals surface area contributed by atoms with E-state index in [0.717, 1.165) is 59.5 Å². The minimum Gasteiger partial charge on any atom is -0.496 e. The molecule has 160 valence electrons. The van der Waals surface area contributed by atoms with E-state index in [-0.39, 0.29) is 12.4 Å². The lowest BCUT2D eigenvalue weighted by molar-refractivity contribution is -0.136. The van der Waals surface area contributed by atoms with Crippen molar-refractivity contribution in [1.82, 2.24) is 14.5 Å². The second kappa shape index (κ2) is 9.96. The summed E-state index contributed by atoms with van der Waals surface area (Å²) in [5.41, 5.74) is 9.49. The van der Waals surface area contributed by atoms with Crippen LogP contribution in [0.2, 0.25) is 0 Å². The highest BCUT2D eigenvalue weighted by atomic mass is 16.5. The van der Waals surface area contributed by atoms with Gasteiger partial charge in [-0.2, -0.15) is 4.98 Å².